The van der Waals surface area contributed by atoms with Crippen molar-refractivity contribution >= 4 is 5.91 Å². The average Bonchev–Trinajstić information content (AvgIpc) is 2.35. The Labute approximate surface area is 101 Å². The van der Waals surface area contributed by atoms with Gasteiger partial charge >= 0.3 is 0 Å². The molecule has 94 valence electrons. The maximum Gasteiger partial charge on any atom is 0.283 e. The van der Waals surface area contributed by atoms with Crippen LogP contribution in [0.2, 0.25) is 0 Å². The molecule has 0 radical (unpaired) electrons. The highest BCUT2D eigenvalue weighted by molar-refractivity contribution is 5.91. The predicted molar refractivity (Wildman–Crippen MR) is 64.1 cm³/mol. The van der Waals surface area contributed by atoms with Crippen LogP contribution >= 0.6 is 0 Å². The van der Waals surface area contributed by atoms with Gasteiger partial charge in [0.15, 0.2) is 0 Å². The standard InChI is InChI=1S/C11H18N4O2/c1-15(6-7-17-2)8-9-4-3-5-10(13-9)11(16)14-12/h3-5H,6-8,12H2,1-2H3,(H,14,16). The summed E-state index contributed by atoms with van der Waals surface area (Å²) < 4.78 is 4.99. The summed E-state index contributed by atoms with van der Waals surface area (Å²) in [6.45, 7) is 2.14. The minimum Gasteiger partial charge on any atom is -0.383 e. The third kappa shape index (κ3) is 4.48. The number of nitrogen functional groups attached to an aromatic ring is 1. The van der Waals surface area contributed by atoms with Gasteiger partial charge in [0.05, 0.1) is 12.3 Å². The number of hydrazine groups is 1. The summed E-state index contributed by atoms with van der Waals surface area (Å²) in [7, 11) is 3.63. The van der Waals surface area contributed by atoms with Gasteiger partial charge in [0, 0.05) is 20.2 Å². The Hall–Kier alpha value is -1.50. The lowest BCUT2D eigenvalue weighted by Gasteiger charge is -2.15. The number of carbonyl (C=O) groups excluding carboxylic acids is 1. The molecule has 0 aromatic carbocycles. The maximum absolute atomic E-state index is 11.3. The van der Waals surface area contributed by atoms with Crippen LogP contribution in [0.5, 0.6) is 0 Å². The van der Waals surface area contributed by atoms with Gasteiger partial charge in [-0.2, -0.15) is 0 Å². The van der Waals surface area contributed by atoms with Gasteiger partial charge in [-0.15, -0.1) is 0 Å². The molecule has 1 rings (SSSR count). The number of pyridine rings is 1. The van der Waals surface area contributed by atoms with Crippen LogP contribution in [0.3, 0.4) is 0 Å². The molecule has 6 nitrogen and oxygen atoms in total. The van der Waals surface area contributed by atoms with E-state index in [1.165, 1.54) is 0 Å². The van der Waals surface area contributed by atoms with Crippen molar-refractivity contribution in [1.82, 2.24) is 15.3 Å². The number of methoxy groups -OCH3 is 1. The van der Waals surface area contributed by atoms with E-state index in [1.54, 1.807) is 19.2 Å². The van der Waals surface area contributed by atoms with Crippen LogP contribution in [-0.4, -0.2) is 43.1 Å². The molecule has 0 aliphatic carbocycles. The quantitative estimate of drug-likeness (QED) is 0.406. The van der Waals surface area contributed by atoms with Crippen molar-refractivity contribution < 1.29 is 9.53 Å². The van der Waals surface area contributed by atoms with Crippen molar-refractivity contribution in [2.24, 2.45) is 5.84 Å². The zero-order chi connectivity index (χ0) is 12.7. The number of carbonyl (C=O) groups is 1. The summed E-state index contributed by atoms with van der Waals surface area (Å²) in [5.41, 5.74) is 3.21. The molecule has 6 heteroatoms. The Bertz CT molecular complexity index is 370. The number of nitrogens with zero attached hydrogens (tertiary/aromatic N) is 2. The van der Waals surface area contributed by atoms with Crippen LogP contribution < -0.4 is 11.3 Å². The van der Waals surface area contributed by atoms with Crippen molar-refractivity contribution in [3.05, 3.63) is 29.6 Å². The second kappa shape index (κ2) is 6.95. The second-order valence-corrected chi connectivity index (χ2v) is 3.72. The topological polar surface area (TPSA) is 80.5 Å². The molecule has 17 heavy (non-hydrogen) atoms. The highest BCUT2D eigenvalue weighted by atomic mass is 16.5. The van der Waals surface area contributed by atoms with Gasteiger partial charge in [-0.05, 0) is 19.2 Å². The Morgan fingerprint density at radius 2 is 2.35 bits per heavy atom. The van der Waals surface area contributed by atoms with Gasteiger partial charge in [-0.1, -0.05) is 6.07 Å². The molecule has 0 saturated carbocycles. The molecular weight excluding hydrogens is 220 g/mol. The number of ether oxygens (including phenoxy) is 1. The molecule has 1 heterocycles. The SMILES string of the molecule is COCCN(C)Cc1cccc(C(=O)NN)n1. The summed E-state index contributed by atoms with van der Waals surface area (Å²) >= 11 is 0. The van der Waals surface area contributed by atoms with Crippen molar-refractivity contribution in [2.45, 2.75) is 6.54 Å². The Balaban J connectivity index is 2.62. The molecule has 0 spiro atoms. The molecule has 0 saturated heterocycles. The first kappa shape index (κ1) is 13.6. The van der Waals surface area contributed by atoms with E-state index in [1.807, 2.05) is 13.1 Å². The first-order chi connectivity index (χ1) is 8.17. The predicted octanol–water partition coefficient (Wildman–Crippen LogP) is -0.237. The van der Waals surface area contributed by atoms with Gasteiger partial charge in [0.1, 0.15) is 5.69 Å². The molecule has 1 aromatic heterocycles. The van der Waals surface area contributed by atoms with E-state index in [2.05, 4.69) is 15.3 Å². The highest BCUT2D eigenvalue weighted by Crippen LogP contribution is 2.02. The van der Waals surface area contributed by atoms with Gasteiger partial charge < -0.3 is 4.74 Å². The number of hydrogen-bond acceptors (Lipinski definition) is 5. The Morgan fingerprint density at radius 3 is 3.00 bits per heavy atom. The summed E-state index contributed by atoms with van der Waals surface area (Å²) in [5, 5.41) is 0. The summed E-state index contributed by atoms with van der Waals surface area (Å²) in [6, 6.07) is 5.29. The number of aromatic nitrogens is 1. The van der Waals surface area contributed by atoms with Crippen LogP contribution in [0, 0.1) is 0 Å². The lowest BCUT2D eigenvalue weighted by Crippen LogP contribution is -2.31. The normalized spacial score (nSPS) is 10.6. The largest absolute Gasteiger partial charge is 0.383 e. The molecule has 1 amide bonds. The second-order valence-electron chi connectivity index (χ2n) is 3.72. The molecule has 0 unspecified atom stereocenters. The minimum atomic E-state index is -0.383. The van der Waals surface area contributed by atoms with Crippen molar-refractivity contribution in [3.63, 3.8) is 0 Å². The first-order valence-electron chi connectivity index (χ1n) is 5.31. The van der Waals surface area contributed by atoms with Gasteiger partial charge in [0.25, 0.3) is 5.91 Å². The third-order valence-electron chi connectivity index (χ3n) is 2.28. The number of nitrogens with one attached hydrogen (secondary N) is 1. The van der Waals surface area contributed by atoms with E-state index in [4.69, 9.17) is 10.6 Å². The lowest BCUT2D eigenvalue weighted by atomic mass is 10.3. The van der Waals surface area contributed by atoms with Crippen LogP contribution in [-0.2, 0) is 11.3 Å². The average molecular weight is 238 g/mol. The van der Waals surface area contributed by atoms with Crippen LogP contribution in [0.15, 0.2) is 18.2 Å². The van der Waals surface area contributed by atoms with Gasteiger partial charge in [0.2, 0.25) is 0 Å². The number of likely N-dealkylation sites (N-methyl/N-ethyl adjacent to an activating group) is 1. The van der Waals surface area contributed by atoms with Crippen LogP contribution in [0.1, 0.15) is 16.2 Å². The smallest absolute Gasteiger partial charge is 0.283 e. The van der Waals surface area contributed by atoms with Gasteiger partial charge in [-0.25, -0.2) is 10.8 Å². The molecule has 0 aliphatic rings. The fraction of sp³-hybridized carbons (Fsp3) is 0.455. The maximum atomic E-state index is 11.3. The Morgan fingerprint density at radius 1 is 1.59 bits per heavy atom. The van der Waals surface area contributed by atoms with Gasteiger partial charge in [-0.3, -0.25) is 15.1 Å². The fourth-order valence-corrected chi connectivity index (χ4v) is 1.37. The number of amides is 1. The first-order valence-corrected chi connectivity index (χ1v) is 5.31. The molecule has 0 bridgehead atoms. The molecule has 3 N–H and O–H groups in total. The van der Waals surface area contributed by atoms with E-state index >= 15 is 0 Å². The van der Waals surface area contributed by atoms with E-state index in [-0.39, 0.29) is 5.91 Å². The summed E-state index contributed by atoms with van der Waals surface area (Å²) in [4.78, 5) is 17.6. The number of hydrogen-bond donors (Lipinski definition) is 2. The molecule has 0 atom stereocenters. The zero-order valence-electron chi connectivity index (χ0n) is 10.1. The molecule has 0 fully saturated rings. The zero-order valence-corrected chi connectivity index (χ0v) is 10.1. The fourth-order valence-electron chi connectivity index (χ4n) is 1.37. The Kier molecular flexibility index (Phi) is 5.55. The van der Waals surface area contributed by atoms with Crippen molar-refractivity contribution in [2.75, 3.05) is 27.3 Å². The van der Waals surface area contributed by atoms with E-state index in [0.29, 0.717) is 18.8 Å². The number of nitrogens with two attached hydrogens (primary N) is 1. The molecule has 0 aliphatic heterocycles. The molecular formula is C11H18N4O2. The summed E-state index contributed by atoms with van der Waals surface area (Å²) in [5.74, 6) is 4.67. The van der Waals surface area contributed by atoms with Crippen molar-refractivity contribution in [3.8, 4) is 0 Å². The minimum absolute atomic E-state index is 0.324. The van der Waals surface area contributed by atoms with Crippen LogP contribution in [0.4, 0.5) is 0 Å². The van der Waals surface area contributed by atoms with Crippen LogP contribution in [0.25, 0.3) is 0 Å². The van der Waals surface area contributed by atoms with Crippen molar-refractivity contribution in [1.29, 1.82) is 0 Å². The number of rotatable bonds is 6. The van der Waals surface area contributed by atoms with E-state index in [0.717, 1.165) is 12.2 Å². The monoisotopic (exact) mass is 238 g/mol. The summed E-state index contributed by atoms with van der Waals surface area (Å²) in [6.07, 6.45) is 0. The highest BCUT2D eigenvalue weighted by Gasteiger charge is 2.07. The lowest BCUT2D eigenvalue weighted by molar-refractivity contribution is 0.0948. The third-order valence-corrected chi connectivity index (χ3v) is 2.28. The molecule has 1 aromatic rings. The van der Waals surface area contributed by atoms with E-state index in [9.17, 15) is 4.79 Å². The van der Waals surface area contributed by atoms with E-state index < -0.39 is 0 Å².